The maximum Gasteiger partial charge on any atom is 0.307 e. The Morgan fingerprint density at radius 2 is 1.76 bits per heavy atom. The predicted octanol–water partition coefficient (Wildman–Crippen LogP) is 2.71. The smallest absolute Gasteiger partial charge is 0.307 e. The predicted molar refractivity (Wildman–Crippen MR) is 80.8 cm³/mol. The number of carbonyl (C=O) groups excluding carboxylic acids is 1. The van der Waals surface area contributed by atoms with Crippen LogP contribution in [0, 0.1) is 11.8 Å². The summed E-state index contributed by atoms with van der Waals surface area (Å²) in [5.41, 5.74) is 1.78. The van der Waals surface area contributed by atoms with Gasteiger partial charge in [0.2, 0.25) is 5.91 Å². The number of aryl methyl sites for hydroxylation is 1. The maximum absolute atomic E-state index is 12.3. The molecule has 4 heteroatoms. The van der Waals surface area contributed by atoms with Crippen molar-refractivity contribution in [3.8, 4) is 0 Å². The highest BCUT2D eigenvalue weighted by atomic mass is 16.4. The van der Waals surface area contributed by atoms with Crippen LogP contribution in [0.1, 0.15) is 44.7 Å². The molecule has 1 aromatic rings. The summed E-state index contributed by atoms with van der Waals surface area (Å²) in [5.74, 6) is -1.94. The Kier molecular flexibility index (Phi) is 4.35. The summed E-state index contributed by atoms with van der Waals surface area (Å²) in [5, 5.41) is 12.0. The van der Waals surface area contributed by atoms with Crippen LogP contribution in [0.4, 0.5) is 0 Å². The zero-order valence-electron chi connectivity index (χ0n) is 12.8. The first-order valence-corrected chi connectivity index (χ1v) is 7.49. The summed E-state index contributed by atoms with van der Waals surface area (Å²) in [6.45, 7) is 5.99. The van der Waals surface area contributed by atoms with Crippen LogP contribution in [0.3, 0.4) is 0 Å². The Morgan fingerprint density at radius 3 is 2.19 bits per heavy atom. The summed E-state index contributed by atoms with van der Waals surface area (Å²) >= 11 is 0. The van der Waals surface area contributed by atoms with Crippen LogP contribution in [-0.4, -0.2) is 17.0 Å². The number of rotatable bonds is 5. The highest BCUT2D eigenvalue weighted by Gasteiger charge is 2.42. The van der Waals surface area contributed by atoms with Gasteiger partial charge in [-0.3, -0.25) is 9.59 Å². The first kappa shape index (κ1) is 15.5. The van der Waals surface area contributed by atoms with Gasteiger partial charge in [0.25, 0.3) is 0 Å². The lowest BCUT2D eigenvalue weighted by Crippen LogP contribution is -2.49. The molecule has 0 aromatic heterocycles. The number of carbonyl (C=O) groups is 2. The third-order valence-corrected chi connectivity index (χ3v) is 4.45. The van der Waals surface area contributed by atoms with Gasteiger partial charge in [0.05, 0.1) is 17.4 Å². The molecule has 1 saturated carbocycles. The lowest BCUT2D eigenvalue weighted by Gasteiger charge is -2.36. The third-order valence-electron chi connectivity index (χ3n) is 4.45. The summed E-state index contributed by atoms with van der Waals surface area (Å²) in [4.78, 5) is 23.3. The van der Waals surface area contributed by atoms with E-state index in [9.17, 15) is 9.59 Å². The zero-order valence-corrected chi connectivity index (χ0v) is 12.8. The van der Waals surface area contributed by atoms with Gasteiger partial charge in [-0.2, -0.15) is 0 Å². The van der Waals surface area contributed by atoms with Crippen LogP contribution in [-0.2, 0) is 21.5 Å². The molecule has 1 aromatic carbocycles. The first-order valence-electron chi connectivity index (χ1n) is 7.49. The van der Waals surface area contributed by atoms with E-state index in [1.165, 1.54) is 5.56 Å². The van der Waals surface area contributed by atoms with Crippen LogP contribution in [0.2, 0.25) is 0 Å². The largest absolute Gasteiger partial charge is 0.481 e. The molecule has 1 aliphatic carbocycles. The minimum atomic E-state index is -0.869. The van der Waals surface area contributed by atoms with Crippen molar-refractivity contribution in [3.63, 3.8) is 0 Å². The van der Waals surface area contributed by atoms with Crippen LogP contribution in [0.5, 0.6) is 0 Å². The van der Waals surface area contributed by atoms with Gasteiger partial charge in [0.1, 0.15) is 0 Å². The van der Waals surface area contributed by atoms with Gasteiger partial charge in [-0.05, 0) is 44.2 Å². The molecule has 0 bridgehead atoms. The molecular weight excluding hydrogens is 266 g/mol. The molecule has 1 fully saturated rings. The number of aliphatic carboxylic acids is 1. The van der Waals surface area contributed by atoms with Crippen molar-refractivity contribution in [2.45, 2.75) is 45.6 Å². The Hall–Kier alpha value is -1.84. The van der Waals surface area contributed by atoms with Gasteiger partial charge >= 0.3 is 5.97 Å². The molecule has 0 radical (unpaired) electrons. The molecule has 1 aliphatic rings. The summed E-state index contributed by atoms with van der Waals surface area (Å²) in [6, 6.07) is 8.17. The van der Waals surface area contributed by atoms with Crippen molar-refractivity contribution >= 4 is 11.9 Å². The van der Waals surface area contributed by atoms with Crippen LogP contribution in [0.25, 0.3) is 0 Å². The quantitative estimate of drug-likeness (QED) is 0.876. The number of benzene rings is 1. The lowest BCUT2D eigenvalue weighted by atomic mass is 9.72. The number of hydrogen-bond donors (Lipinski definition) is 2. The van der Waals surface area contributed by atoms with Crippen molar-refractivity contribution in [1.29, 1.82) is 0 Å². The molecule has 21 heavy (non-hydrogen) atoms. The van der Waals surface area contributed by atoms with E-state index in [2.05, 4.69) is 24.4 Å². The minimum absolute atomic E-state index is 0.154. The molecule has 0 spiro atoms. The fourth-order valence-corrected chi connectivity index (χ4v) is 2.74. The van der Waals surface area contributed by atoms with Crippen molar-refractivity contribution in [2.75, 3.05) is 0 Å². The van der Waals surface area contributed by atoms with E-state index in [1.807, 2.05) is 26.0 Å². The number of hydrogen-bond acceptors (Lipinski definition) is 2. The highest BCUT2D eigenvalue weighted by molar-refractivity contribution is 5.86. The van der Waals surface area contributed by atoms with Gasteiger partial charge in [-0.15, -0.1) is 0 Å². The number of nitrogens with one attached hydrogen (secondary N) is 1. The van der Waals surface area contributed by atoms with Crippen LogP contribution >= 0.6 is 0 Å². The fourth-order valence-electron chi connectivity index (χ4n) is 2.74. The molecule has 0 aliphatic heterocycles. The van der Waals surface area contributed by atoms with Gasteiger partial charge < -0.3 is 10.4 Å². The summed E-state index contributed by atoms with van der Waals surface area (Å²) < 4.78 is 0. The third kappa shape index (κ3) is 3.26. The van der Waals surface area contributed by atoms with Gasteiger partial charge in [0.15, 0.2) is 0 Å². The lowest BCUT2D eigenvalue weighted by molar-refractivity contribution is -0.153. The first-order chi connectivity index (χ1) is 9.85. The number of amides is 1. The minimum Gasteiger partial charge on any atom is -0.481 e. The standard InChI is InChI=1S/C17H23NO3/c1-4-11-5-7-12(8-6-11)17(2,3)18-15(19)13-9-10-14(13)16(20)21/h5-8,13-14H,4,9-10H2,1-3H3,(H,18,19)(H,20,21). The van der Waals surface area contributed by atoms with E-state index in [-0.39, 0.29) is 5.91 Å². The molecule has 114 valence electrons. The summed E-state index contributed by atoms with van der Waals surface area (Å²) in [6.07, 6.45) is 2.24. The highest BCUT2D eigenvalue weighted by Crippen LogP contribution is 2.35. The van der Waals surface area contributed by atoms with E-state index in [0.717, 1.165) is 12.0 Å². The van der Waals surface area contributed by atoms with Crippen molar-refractivity contribution in [1.82, 2.24) is 5.32 Å². The van der Waals surface area contributed by atoms with Crippen molar-refractivity contribution in [2.24, 2.45) is 11.8 Å². The van der Waals surface area contributed by atoms with E-state index in [0.29, 0.717) is 12.8 Å². The molecular formula is C17H23NO3. The number of carboxylic acids is 1. The zero-order chi connectivity index (χ0) is 15.6. The van der Waals surface area contributed by atoms with E-state index in [4.69, 9.17) is 5.11 Å². The van der Waals surface area contributed by atoms with Gasteiger partial charge in [0, 0.05) is 0 Å². The number of carboxylic acid groups (broad SMARTS) is 1. The molecule has 4 nitrogen and oxygen atoms in total. The van der Waals surface area contributed by atoms with E-state index in [1.54, 1.807) is 0 Å². The molecule has 0 heterocycles. The van der Waals surface area contributed by atoms with Gasteiger partial charge in [-0.25, -0.2) is 0 Å². The Labute approximate surface area is 125 Å². The van der Waals surface area contributed by atoms with E-state index < -0.39 is 23.3 Å². The molecule has 2 atom stereocenters. The molecule has 0 saturated heterocycles. The molecule has 1 amide bonds. The normalized spacial score (nSPS) is 21.5. The second-order valence-electron chi connectivity index (χ2n) is 6.29. The molecule has 2 rings (SSSR count). The summed E-state index contributed by atoms with van der Waals surface area (Å²) in [7, 11) is 0. The second kappa shape index (κ2) is 5.88. The molecule has 2 N–H and O–H groups in total. The van der Waals surface area contributed by atoms with Crippen molar-refractivity contribution in [3.05, 3.63) is 35.4 Å². The SMILES string of the molecule is CCc1ccc(C(C)(C)NC(=O)C2CCC2C(=O)O)cc1. The average molecular weight is 289 g/mol. The van der Waals surface area contributed by atoms with Crippen LogP contribution < -0.4 is 5.32 Å². The molecule has 2 unspecified atom stereocenters. The van der Waals surface area contributed by atoms with Crippen LogP contribution in [0.15, 0.2) is 24.3 Å². The van der Waals surface area contributed by atoms with E-state index >= 15 is 0 Å². The van der Waals surface area contributed by atoms with Crippen molar-refractivity contribution < 1.29 is 14.7 Å². The fraction of sp³-hybridized carbons (Fsp3) is 0.529. The van der Waals surface area contributed by atoms with Gasteiger partial charge in [-0.1, -0.05) is 31.2 Å². The maximum atomic E-state index is 12.3. The monoisotopic (exact) mass is 289 g/mol. The Bertz CT molecular complexity index is 533. The second-order valence-corrected chi connectivity index (χ2v) is 6.29. The Balaban J connectivity index is 2.05. The Morgan fingerprint density at radius 1 is 1.19 bits per heavy atom. The topological polar surface area (TPSA) is 66.4 Å². The average Bonchev–Trinajstić information content (AvgIpc) is 2.36.